The number of rotatable bonds is 3. The third-order valence-electron chi connectivity index (χ3n) is 1.98. The third-order valence-corrected chi connectivity index (χ3v) is 2.55. The summed E-state index contributed by atoms with van der Waals surface area (Å²) < 4.78 is 0. The number of alkyl halides is 1. The molecule has 0 spiro atoms. The van der Waals surface area contributed by atoms with Crippen LogP contribution >= 0.6 is 15.9 Å². The Bertz CT molecular complexity index is 70.8. The van der Waals surface area contributed by atoms with E-state index in [0.29, 0.717) is 0 Å². The molecule has 0 aliphatic heterocycles. The molecule has 0 bridgehead atoms. The van der Waals surface area contributed by atoms with Gasteiger partial charge in [-0.25, -0.2) is 0 Å². The first-order chi connectivity index (χ1) is 3.84. The van der Waals surface area contributed by atoms with Crippen molar-refractivity contribution in [3.05, 3.63) is 0 Å². The largest absolute Gasteiger partial charge is 0.0928 e. The second-order valence-corrected chi connectivity index (χ2v) is 3.60. The van der Waals surface area contributed by atoms with Crippen molar-refractivity contribution in [2.75, 3.05) is 5.33 Å². The van der Waals surface area contributed by atoms with E-state index in [9.17, 15) is 0 Å². The number of halogens is 1. The van der Waals surface area contributed by atoms with Crippen molar-refractivity contribution in [1.82, 2.24) is 0 Å². The maximum atomic E-state index is 3.43. The van der Waals surface area contributed by atoms with E-state index in [1.165, 1.54) is 24.6 Å². The van der Waals surface area contributed by atoms with Crippen molar-refractivity contribution in [3.63, 3.8) is 0 Å². The normalized spacial score (nSPS) is 35.2. The fourth-order valence-electron chi connectivity index (χ4n) is 1.14. The second-order valence-electron chi connectivity index (χ2n) is 2.80. The molecule has 1 aliphatic rings. The Hall–Kier alpha value is 0.480. The molecular weight excluding hydrogens is 164 g/mol. The average molecular weight is 177 g/mol. The Morgan fingerprint density at radius 1 is 1.62 bits per heavy atom. The van der Waals surface area contributed by atoms with Gasteiger partial charge in [-0.2, -0.15) is 0 Å². The van der Waals surface area contributed by atoms with Crippen LogP contribution in [0.2, 0.25) is 0 Å². The van der Waals surface area contributed by atoms with Gasteiger partial charge in [-0.05, 0) is 31.1 Å². The molecule has 0 saturated heterocycles. The summed E-state index contributed by atoms with van der Waals surface area (Å²) >= 11 is 3.43. The zero-order valence-electron chi connectivity index (χ0n) is 5.36. The van der Waals surface area contributed by atoms with Gasteiger partial charge in [0.05, 0.1) is 0 Å². The van der Waals surface area contributed by atoms with Gasteiger partial charge < -0.3 is 0 Å². The highest BCUT2D eigenvalue weighted by Crippen LogP contribution is 2.41. The van der Waals surface area contributed by atoms with E-state index in [4.69, 9.17) is 0 Å². The first-order valence-electron chi connectivity index (χ1n) is 3.40. The smallest absolute Gasteiger partial charge is 0.00314 e. The van der Waals surface area contributed by atoms with E-state index < -0.39 is 0 Å². The summed E-state index contributed by atoms with van der Waals surface area (Å²) in [6.45, 7) is 2.35. The SMILES string of the molecule is C[C@H]1C[C@@H]1CCCBr. The molecule has 0 N–H and O–H groups in total. The molecule has 0 aromatic carbocycles. The molecule has 2 atom stereocenters. The molecule has 0 nitrogen and oxygen atoms in total. The molecular formula is C7H13Br. The number of hydrogen-bond acceptors (Lipinski definition) is 0. The molecule has 8 heavy (non-hydrogen) atoms. The molecule has 0 aromatic rings. The molecule has 0 aromatic heterocycles. The molecule has 0 heterocycles. The van der Waals surface area contributed by atoms with Crippen molar-refractivity contribution in [3.8, 4) is 0 Å². The number of hydrogen-bond donors (Lipinski definition) is 0. The Morgan fingerprint density at radius 3 is 2.62 bits per heavy atom. The van der Waals surface area contributed by atoms with Gasteiger partial charge in [-0.1, -0.05) is 22.9 Å². The monoisotopic (exact) mass is 176 g/mol. The first kappa shape index (κ1) is 6.60. The molecule has 1 heteroatoms. The molecule has 0 radical (unpaired) electrons. The van der Waals surface area contributed by atoms with Crippen LogP contribution in [0.4, 0.5) is 0 Å². The maximum absolute atomic E-state index is 3.43. The van der Waals surface area contributed by atoms with Gasteiger partial charge in [-0.3, -0.25) is 0 Å². The minimum absolute atomic E-state index is 1.05. The van der Waals surface area contributed by atoms with E-state index in [2.05, 4.69) is 22.9 Å². The van der Waals surface area contributed by atoms with Gasteiger partial charge in [0.15, 0.2) is 0 Å². The summed E-state index contributed by atoms with van der Waals surface area (Å²) in [6, 6.07) is 0. The van der Waals surface area contributed by atoms with Crippen LogP contribution in [0.5, 0.6) is 0 Å². The maximum Gasteiger partial charge on any atom is 0.00314 e. The van der Waals surface area contributed by atoms with Crippen molar-refractivity contribution in [1.29, 1.82) is 0 Å². The average Bonchev–Trinajstić information content (AvgIpc) is 2.42. The zero-order chi connectivity index (χ0) is 5.98. The van der Waals surface area contributed by atoms with Crippen LogP contribution < -0.4 is 0 Å². The second kappa shape index (κ2) is 2.86. The molecule has 1 saturated carbocycles. The first-order valence-corrected chi connectivity index (χ1v) is 4.52. The van der Waals surface area contributed by atoms with Gasteiger partial charge >= 0.3 is 0 Å². The van der Waals surface area contributed by atoms with Crippen LogP contribution in [-0.2, 0) is 0 Å². The van der Waals surface area contributed by atoms with Crippen molar-refractivity contribution in [2.24, 2.45) is 11.8 Å². The molecule has 1 aliphatic carbocycles. The highest BCUT2D eigenvalue weighted by molar-refractivity contribution is 9.09. The van der Waals surface area contributed by atoms with Gasteiger partial charge in [0.25, 0.3) is 0 Å². The van der Waals surface area contributed by atoms with Crippen molar-refractivity contribution in [2.45, 2.75) is 26.2 Å². The van der Waals surface area contributed by atoms with Gasteiger partial charge in [-0.15, -0.1) is 0 Å². The lowest BCUT2D eigenvalue weighted by Crippen LogP contribution is -1.79. The predicted molar refractivity (Wildman–Crippen MR) is 40.3 cm³/mol. The Morgan fingerprint density at radius 2 is 2.25 bits per heavy atom. The van der Waals surface area contributed by atoms with Crippen molar-refractivity contribution >= 4 is 15.9 Å². The summed E-state index contributed by atoms with van der Waals surface area (Å²) in [6.07, 6.45) is 4.31. The van der Waals surface area contributed by atoms with E-state index in [0.717, 1.165) is 11.8 Å². The zero-order valence-corrected chi connectivity index (χ0v) is 6.95. The summed E-state index contributed by atoms with van der Waals surface area (Å²) in [5, 5.41) is 1.19. The summed E-state index contributed by atoms with van der Waals surface area (Å²) in [5.41, 5.74) is 0. The standard InChI is InChI=1S/C7H13Br/c1-6-5-7(6)3-2-4-8/h6-7H,2-5H2,1H3/t6-,7-/m0/s1. The van der Waals surface area contributed by atoms with Gasteiger partial charge in [0.2, 0.25) is 0 Å². The summed E-state index contributed by atoms with van der Waals surface area (Å²) in [7, 11) is 0. The van der Waals surface area contributed by atoms with Crippen LogP contribution in [-0.4, -0.2) is 5.33 Å². The summed E-state index contributed by atoms with van der Waals surface area (Å²) in [5.74, 6) is 2.14. The predicted octanol–water partition coefficient (Wildman–Crippen LogP) is 2.82. The Labute approximate surface area is 59.8 Å². The Balaban J connectivity index is 1.89. The summed E-state index contributed by atoms with van der Waals surface area (Å²) in [4.78, 5) is 0. The lowest BCUT2D eigenvalue weighted by Gasteiger charge is -1.90. The highest BCUT2D eigenvalue weighted by atomic mass is 79.9. The lowest BCUT2D eigenvalue weighted by atomic mass is 10.2. The van der Waals surface area contributed by atoms with Crippen LogP contribution in [0.25, 0.3) is 0 Å². The van der Waals surface area contributed by atoms with Crippen LogP contribution in [0.3, 0.4) is 0 Å². The van der Waals surface area contributed by atoms with Gasteiger partial charge in [0.1, 0.15) is 0 Å². The highest BCUT2D eigenvalue weighted by Gasteiger charge is 2.30. The van der Waals surface area contributed by atoms with E-state index >= 15 is 0 Å². The third kappa shape index (κ3) is 1.77. The quantitative estimate of drug-likeness (QED) is 0.581. The minimum atomic E-state index is 1.05. The van der Waals surface area contributed by atoms with E-state index in [1.807, 2.05) is 0 Å². The van der Waals surface area contributed by atoms with Crippen LogP contribution in [0.1, 0.15) is 26.2 Å². The fourth-order valence-corrected chi connectivity index (χ4v) is 1.46. The van der Waals surface area contributed by atoms with Crippen molar-refractivity contribution < 1.29 is 0 Å². The molecule has 1 fully saturated rings. The molecule has 0 unspecified atom stereocenters. The topological polar surface area (TPSA) is 0 Å². The lowest BCUT2D eigenvalue weighted by molar-refractivity contribution is 0.665. The molecule has 0 amide bonds. The Kier molecular flexibility index (Phi) is 2.36. The van der Waals surface area contributed by atoms with Crippen LogP contribution in [0, 0.1) is 11.8 Å². The van der Waals surface area contributed by atoms with Gasteiger partial charge in [0, 0.05) is 5.33 Å². The molecule has 1 rings (SSSR count). The fraction of sp³-hybridized carbons (Fsp3) is 1.00. The minimum Gasteiger partial charge on any atom is -0.0928 e. The van der Waals surface area contributed by atoms with Crippen LogP contribution in [0.15, 0.2) is 0 Å². The van der Waals surface area contributed by atoms with E-state index in [-0.39, 0.29) is 0 Å². The van der Waals surface area contributed by atoms with E-state index in [1.54, 1.807) is 0 Å². The molecule has 48 valence electrons.